The lowest BCUT2D eigenvalue weighted by molar-refractivity contribution is 0.601. The second-order valence-corrected chi connectivity index (χ2v) is 7.33. The fourth-order valence-corrected chi connectivity index (χ4v) is 4.12. The van der Waals surface area contributed by atoms with Gasteiger partial charge >= 0.3 is 0 Å². The van der Waals surface area contributed by atoms with E-state index in [0.717, 1.165) is 5.56 Å². The van der Waals surface area contributed by atoms with Crippen molar-refractivity contribution in [1.29, 1.82) is 0 Å². The van der Waals surface area contributed by atoms with E-state index in [1.165, 1.54) is 6.33 Å². The standard InChI is InChI=1S/C15H13BrN4O2S/c16-14-3-1-2-4-15(14)23(21,22)19-13-7-5-12(6-8-13)9-20-11-17-10-18-20/h1-8,10-11,19H,9H2. The van der Waals surface area contributed by atoms with Crippen LogP contribution in [0, 0.1) is 0 Å². The van der Waals surface area contributed by atoms with Crippen LogP contribution >= 0.6 is 15.9 Å². The van der Waals surface area contributed by atoms with E-state index in [1.54, 1.807) is 47.4 Å². The average Bonchev–Trinajstić information content (AvgIpc) is 3.02. The molecule has 8 heteroatoms. The number of anilines is 1. The van der Waals surface area contributed by atoms with Crippen LogP contribution in [-0.2, 0) is 16.6 Å². The van der Waals surface area contributed by atoms with Gasteiger partial charge in [-0.2, -0.15) is 5.10 Å². The Hall–Kier alpha value is -2.19. The van der Waals surface area contributed by atoms with E-state index in [9.17, 15) is 8.42 Å². The molecule has 0 bridgehead atoms. The van der Waals surface area contributed by atoms with Crippen LogP contribution in [0.1, 0.15) is 5.56 Å². The lowest BCUT2D eigenvalue weighted by Crippen LogP contribution is -2.13. The van der Waals surface area contributed by atoms with Gasteiger partial charge in [-0.3, -0.25) is 4.72 Å². The van der Waals surface area contributed by atoms with Crippen LogP contribution in [0.25, 0.3) is 0 Å². The molecule has 0 saturated heterocycles. The third-order valence-corrected chi connectivity index (χ3v) is 5.54. The van der Waals surface area contributed by atoms with Crippen molar-refractivity contribution in [3.8, 4) is 0 Å². The molecule has 1 aromatic heterocycles. The first-order chi connectivity index (χ1) is 11.0. The van der Waals surface area contributed by atoms with Gasteiger partial charge in [0.15, 0.2) is 0 Å². The lowest BCUT2D eigenvalue weighted by Gasteiger charge is -2.10. The molecule has 0 aliphatic carbocycles. The van der Waals surface area contributed by atoms with Crippen molar-refractivity contribution in [2.45, 2.75) is 11.4 Å². The molecule has 0 unspecified atom stereocenters. The second kappa shape index (κ2) is 6.51. The molecule has 0 spiro atoms. The third kappa shape index (κ3) is 3.77. The number of hydrogen-bond donors (Lipinski definition) is 1. The van der Waals surface area contributed by atoms with E-state index in [-0.39, 0.29) is 4.90 Å². The molecule has 0 saturated carbocycles. The molecule has 0 aliphatic heterocycles. The largest absolute Gasteiger partial charge is 0.280 e. The lowest BCUT2D eigenvalue weighted by atomic mass is 10.2. The summed E-state index contributed by atoms with van der Waals surface area (Å²) in [6.07, 6.45) is 3.10. The van der Waals surface area contributed by atoms with Crippen molar-refractivity contribution in [3.05, 3.63) is 71.2 Å². The van der Waals surface area contributed by atoms with Gasteiger partial charge in [-0.05, 0) is 45.8 Å². The van der Waals surface area contributed by atoms with Gasteiger partial charge in [0.2, 0.25) is 0 Å². The first-order valence-corrected chi connectivity index (χ1v) is 9.01. The van der Waals surface area contributed by atoms with E-state index in [2.05, 4.69) is 30.7 Å². The smallest absolute Gasteiger partial charge is 0.263 e. The van der Waals surface area contributed by atoms with Crippen molar-refractivity contribution in [1.82, 2.24) is 14.8 Å². The number of nitrogens with one attached hydrogen (secondary N) is 1. The van der Waals surface area contributed by atoms with Gasteiger partial charge in [-0.1, -0.05) is 24.3 Å². The molecule has 6 nitrogen and oxygen atoms in total. The Labute approximate surface area is 142 Å². The van der Waals surface area contributed by atoms with Crippen molar-refractivity contribution in [2.24, 2.45) is 0 Å². The summed E-state index contributed by atoms with van der Waals surface area (Å²) in [5.41, 5.74) is 1.50. The third-order valence-electron chi connectivity index (χ3n) is 3.14. The number of sulfonamides is 1. The summed E-state index contributed by atoms with van der Waals surface area (Å²) in [5, 5.41) is 4.03. The van der Waals surface area contributed by atoms with Gasteiger partial charge in [0.1, 0.15) is 17.6 Å². The first kappa shape index (κ1) is 15.7. The zero-order valence-electron chi connectivity index (χ0n) is 11.9. The number of nitrogens with zero attached hydrogens (tertiary/aromatic N) is 3. The normalized spacial score (nSPS) is 11.3. The van der Waals surface area contributed by atoms with Gasteiger partial charge < -0.3 is 0 Å². The summed E-state index contributed by atoms with van der Waals surface area (Å²) >= 11 is 3.26. The highest BCUT2D eigenvalue weighted by Crippen LogP contribution is 2.23. The zero-order chi connectivity index (χ0) is 16.3. The molecular formula is C15H13BrN4O2S. The molecule has 0 fully saturated rings. The summed E-state index contributed by atoms with van der Waals surface area (Å²) in [7, 11) is -3.63. The Morgan fingerprint density at radius 1 is 1.09 bits per heavy atom. The van der Waals surface area contributed by atoms with Crippen LogP contribution in [0.3, 0.4) is 0 Å². The molecule has 3 rings (SSSR count). The van der Waals surface area contributed by atoms with Crippen LogP contribution in [0.5, 0.6) is 0 Å². The monoisotopic (exact) mass is 392 g/mol. The van der Waals surface area contributed by atoms with Crippen LogP contribution in [0.15, 0.2) is 70.6 Å². The van der Waals surface area contributed by atoms with Gasteiger partial charge in [-0.15, -0.1) is 0 Å². The van der Waals surface area contributed by atoms with E-state index in [0.29, 0.717) is 16.7 Å². The van der Waals surface area contributed by atoms with Crippen LogP contribution < -0.4 is 4.72 Å². The highest BCUT2D eigenvalue weighted by atomic mass is 79.9. The molecule has 2 aromatic carbocycles. The van der Waals surface area contributed by atoms with Crippen LogP contribution in [0.2, 0.25) is 0 Å². The Bertz CT molecular complexity index is 893. The average molecular weight is 393 g/mol. The Balaban J connectivity index is 1.76. The quantitative estimate of drug-likeness (QED) is 0.723. The summed E-state index contributed by atoms with van der Waals surface area (Å²) in [6, 6.07) is 13.8. The topological polar surface area (TPSA) is 76.9 Å². The summed E-state index contributed by atoms with van der Waals surface area (Å²) < 4.78 is 29.6. The molecule has 23 heavy (non-hydrogen) atoms. The highest BCUT2D eigenvalue weighted by molar-refractivity contribution is 9.10. The minimum Gasteiger partial charge on any atom is -0.280 e. The SMILES string of the molecule is O=S(=O)(Nc1ccc(Cn2cncn2)cc1)c1ccccc1Br. The molecule has 3 aromatic rings. The van der Waals surface area contributed by atoms with Crippen molar-refractivity contribution in [2.75, 3.05) is 4.72 Å². The maximum absolute atomic E-state index is 12.4. The van der Waals surface area contributed by atoms with Crippen molar-refractivity contribution < 1.29 is 8.42 Å². The number of aromatic nitrogens is 3. The van der Waals surface area contributed by atoms with Crippen molar-refractivity contribution >= 4 is 31.6 Å². The van der Waals surface area contributed by atoms with Crippen LogP contribution in [-0.4, -0.2) is 23.2 Å². The fourth-order valence-electron chi connectivity index (χ4n) is 2.05. The number of halogens is 1. The van der Waals surface area contributed by atoms with Gasteiger partial charge in [0, 0.05) is 10.2 Å². The van der Waals surface area contributed by atoms with Crippen molar-refractivity contribution in [3.63, 3.8) is 0 Å². The Kier molecular flexibility index (Phi) is 4.44. The molecule has 1 N–H and O–H groups in total. The number of benzene rings is 2. The predicted octanol–water partition coefficient (Wildman–Crippen LogP) is 2.89. The molecule has 0 atom stereocenters. The minimum absolute atomic E-state index is 0.201. The van der Waals surface area contributed by atoms with E-state index in [4.69, 9.17) is 0 Å². The van der Waals surface area contributed by atoms with Crippen LogP contribution in [0.4, 0.5) is 5.69 Å². The predicted molar refractivity (Wildman–Crippen MR) is 90.5 cm³/mol. The molecule has 1 heterocycles. The fraction of sp³-hybridized carbons (Fsp3) is 0.0667. The van der Waals surface area contributed by atoms with E-state index in [1.807, 2.05) is 12.1 Å². The highest BCUT2D eigenvalue weighted by Gasteiger charge is 2.16. The van der Waals surface area contributed by atoms with Gasteiger partial charge in [0.25, 0.3) is 10.0 Å². The Morgan fingerprint density at radius 2 is 1.83 bits per heavy atom. The van der Waals surface area contributed by atoms with E-state index < -0.39 is 10.0 Å². The maximum Gasteiger partial charge on any atom is 0.263 e. The minimum atomic E-state index is -3.63. The van der Waals surface area contributed by atoms with E-state index >= 15 is 0 Å². The first-order valence-electron chi connectivity index (χ1n) is 6.73. The Morgan fingerprint density at radius 3 is 2.48 bits per heavy atom. The summed E-state index contributed by atoms with van der Waals surface area (Å²) in [5.74, 6) is 0. The summed E-state index contributed by atoms with van der Waals surface area (Å²) in [6.45, 7) is 0.581. The molecule has 0 radical (unpaired) electrons. The van der Waals surface area contributed by atoms with Gasteiger partial charge in [0.05, 0.1) is 6.54 Å². The second-order valence-electron chi connectivity index (χ2n) is 4.83. The maximum atomic E-state index is 12.4. The zero-order valence-corrected chi connectivity index (χ0v) is 14.3. The molecular weight excluding hydrogens is 380 g/mol. The molecule has 0 amide bonds. The van der Waals surface area contributed by atoms with Gasteiger partial charge in [-0.25, -0.2) is 18.1 Å². The number of hydrogen-bond acceptors (Lipinski definition) is 4. The molecule has 0 aliphatic rings. The molecule has 118 valence electrons. The summed E-state index contributed by atoms with van der Waals surface area (Å²) in [4.78, 5) is 4.08. The number of rotatable bonds is 5.